The molecule has 4 nitrogen and oxygen atoms in total. The van der Waals surface area contributed by atoms with Gasteiger partial charge in [0.1, 0.15) is 11.8 Å². The Hall–Kier alpha value is -1.63. The van der Waals surface area contributed by atoms with Crippen LogP contribution in [0.3, 0.4) is 0 Å². The van der Waals surface area contributed by atoms with Gasteiger partial charge in [0.2, 0.25) is 5.95 Å². The molecule has 2 atom stereocenters. The van der Waals surface area contributed by atoms with E-state index in [2.05, 4.69) is 20.9 Å². The van der Waals surface area contributed by atoms with Gasteiger partial charge in [0.05, 0.1) is 0 Å². The van der Waals surface area contributed by atoms with Gasteiger partial charge in [-0.2, -0.15) is 5.26 Å². The lowest BCUT2D eigenvalue weighted by molar-refractivity contribution is 0.241. The second-order valence-electron chi connectivity index (χ2n) is 5.75. The Morgan fingerprint density at radius 3 is 2.84 bits per heavy atom. The molecule has 1 aromatic heterocycles. The molecule has 2 aliphatic rings. The highest BCUT2D eigenvalue weighted by Gasteiger charge is 2.34. The maximum absolute atomic E-state index is 9.06. The van der Waals surface area contributed by atoms with Crippen LogP contribution in [0.15, 0.2) is 6.07 Å². The van der Waals surface area contributed by atoms with Gasteiger partial charge in [0.15, 0.2) is 0 Å². The Morgan fingerprint density at radius 1 is 1.21 bits per heavy atom. The predicted molar refractivity (Wildman–Crippen MR) is 73.8 cm³/mol. The summed E-state index contributed by atoms with van der Waals surface area (Å²) in [5.41, 5.74) is 1.37. The molecule has 1 aromatic rings. The molecule has 4 heteroatoms. The molecule has 3 rings (SSSR count). The SMILES string of the molecule is Cc1cc(C#N)nc(N2CCC[C@H]3CCCC[C@H]32)n1. The Balaban J connectivity index is 1.91. The average Bonchev–Trinajstić information content (AvgIpc) is 2.46. The third kappa shape index (κ3) is 2.42. The van der Waals surface area contributed by atoms with Gasteiger partial charge in [0, 0.05) is 18.3 Å². The molecule has 0 aromatic carbocycles. The Labute approximate surface area is 114 Å². The van der Waals surface area contributed by atoms with E-state index in [-0.39, 0.29) is 0 Å². The monoisotopic (exact) mass is 256 g/mol. The summed E-state index contributed by atoms with van der Waals surface area (Å²) in [6.07, 6.45) is 7.85. The van der Waals surface area contributed by atoms with Crippen molar-refractivity contribution in [3.63, 3.8) is 0 Å². The summed E-state index contributed by atoms with van der Waals surface area (Å²) < 4.78 is 0. The smallest absolute Gasteiger partial charge is 0.227 e. The second-order valence-corrected chi connectivity index (χ2v) is 5.75. The van der Waals surface area contributed by atoms with Crippen LogP contribution in [0.4, 0.5) is 5.95 Å². The number of hydrogen-bond donors (Lipinski definition) is 0. The number of aryl methyl sites for hydroxylation is 1. The highest BCUT2D eigenvalue weighted by atomic mass is 15.3. The van der Waals surface area contributed by atoms with Crippen LogP contribution < -0.4 is 4.90 Å². The van der Waals surface area contributed by atoms with Gasteiger partial charge in [-0.05, 0) is 44.6 Å². The third-order valence-corrected chi connectivity index (χ3v) is 4.46. The van der Waals surface area contributed by atoms with Crippen LogP contribution in [0, 0.1) is 24.2 Å². The van der Waals surface area contributed by atoms with Gasteiger partial charge in [0.25, 0.3) is 0 Å². The van der Waals surface area contributed by atoms with E-state index >= 15 is 0 Å². The quantitative estimate of drug-likeness (QED) is 0.775. The van der Waals surface area contributed by atoms with E-state index in [9.17, 15) is 0 Å². The molecular weight excluding hydrogens is 236 g/mol. The summed E-state index contributed by atoms with van der Waals surface area (Å²) in [7, 11) is 0. The first-order chi connectivity index (χ1) is 9.28. The minimum atomic E-state index is 0.487. The van der Waals surface area contributed by atoms with Crippen LogP contribution in [0.5, 0.6) is 0 Å². The molecule has 0 spiro atoms. The molecule has 0 unspecified atom stereocenters. The van der Waals surface area contributed by atoms with E-state index in [1.165, 1.54) is 38.5 Å². The first-order valence-electron chi connectivity index (χ1n) is 7.30. The van der Waals surface area contributed by atoms with Gasteiger partial charge < -0.3 is 4.90 Å². The summed E-state index contributed by atoms with van der Waals surface area (Å²) in [6, 6.07) is 4.49. The highest BCUT2D eigenvalue weighted by molar-refractivity contribution is 5.38. The average molecular weight is 256 g/mol. The minimum absolute atomic E-state index is 0.487. The molecule has 0 amide bonds. The molecule has 19 heavy (non-hydrogen) atoms. The zero-order valence-electron chi connectivity index (χ0n) is 11.5. The van der Waals surface area contributed by atoms with E-state index < -0.39 is 0 Å². The molecular formula is C15H20N4. The normalized spacial score (nSPS) is 26.6. The third-order valence-electron chi connectivity index (χ3n) is 4.46. The van der Waals surface area contributed by atoms with Crippen LogP contribution in [-0.2, 0) is 0 Å². The lowest BCUT2D eigenvalue weighted by atomic mass is 9.78. The number of nitriles is 1. The summed E-state index contributed by atoms with van der Waals surface area (Å²) in [5.74, 6) is 1.57. The van der Waals surface area contributed by atoms with Crippen molar-refractivity contribution in [2.45, 2.75) is 51.5 Å². The lowest BCUT2D eigenvalue weighted by Gasteiger charge is -2.44. The Bertz CT molecular complexity index is 503. The van der Waals surface area contributed by atoms with Gasteiger partial charge in [-0.3, -0.25) is 0 Å². The van der Waals surface area contributed by atoms with E-state index in [0.717, 1.165) is 24.1 Å². The minimum Gasteiger partial charge on any atom is -0.338 e. The van der Waals surface area contributed by atoms with Crippen molar-refractivity contribution in [1.82, 2.24) is 9.97 Å². The molecule has 0 N–H and O–H groups in total. The van der Waals surface area contributed by atoms with Crippen molar-refractivity contribution in [1.29, 1.82) is 5.26 Å². The van der Waals surface area contributed by atoms with Crippen molar-refractivity contribution in [2.75, 3.05) is 11.4 Å². The van der Waals surface area contributed by atoms with Crippen LogP contribution in [0.25, 0.3) is 0 Å². The van der Waals surface area contributed by atoms with Crippen molar-refractivity contribution in [3.05, 3.63) is 17.5 Å². The number of aromatic nitrogens is 2. The van der Waals surface area contributed by atoms with Crippen LogP contribution in [-0.4, -0.2) is 22.6 Å². The summed E-state index contributed by atoms with van der Waals surface area (Å²) in [4.78, 5) is 11.3. The van der Waals surface area contributed by atoms with Crippen molar-refractivity contribution < 1.29 is 0 Å². The molecule has 100 valence electrons. The first-order valence-corrected chi connectivity index (χ1v) is 7.30. The topological polar surface area (TPSA) is 52.8 Å². The van der Waals surface area contributed by atoms with Crippen LogP contribution in [0.1, 0.15) is 49.9 Å². The number of nitrogens with zero attached hydrogens (tertiary/aromatic N) is 4. The highest BCUT2D eigenvalue weighted by Crippen LogP contribution is 2.36. The number of anilines is 1. The molecule has 1 aliphatic carbocycles. The molecule has 1 aliphatic heterocycles. The largest absolute Gasteiger partial charge is 0.338 e. The fourth-order valence-corrected chi connectivity index (χ4v) is 3.61. The summed E-state index contributed by atoms with van der Waals surface area (Å²) in [5, 5.41) is 9.06. The maximum atomic E-state index is 9.06. The number of hydrogen-bond acceptors (Lipinski definition) is 4. The molecule has 2 fully saturated rings. The van der Waals surface area contributed by atoms with E-state index in [1.54, 1.807) is 6.07 Å². The molecule has 1 saturated heterocycles. The zero-order chi connectivity index (χ0) is 13.2. The molecule has 0 radical (unpaired) electrons. The van der Waals surface area contributed by atoms with E-state index in [0.29, 0.717) is 11.7 Å². The standard InChI is InChI=1S/C15H20N4/c1-11-9-13(10-16)18-15(17-11)19-8-4-6-12-5-2-3-7-14(12)19/h9,12,14H,2-8H2,1H3/t12-,14-/m1/s1. The van der Waals surface area contributed by atoms with Crippen LogP contribution >= 0.6 is 0 Å². The first kappa shape index (κ1) is 12.4. The van der Waals surface area contributed by atoms with Gasteiger partial charge in [-0.1, -0.05) is 12.8 Å². The predicted octanol–water partition coefficient (Wildman–Crippen LogP) is 2.82. The molecule has 1 saturated carbocycles. The fourth-order valence-electron chi connectivity index (χ4n) is 3.61. The number of rotatable bonds is 1. The van der Waals surface area contributed by atoms with Gasteiger partial charge in [-0.25, -0.2) is 9.97 Å². The van der Waals surface area contributed by atoms with Crippen molar-refractivity contribution >= 4 is 5.95 Å². The van der Waals surface area contributed by atoms with E-state index in [1.807, 2.05) is 6.92 Å². The maximum Gasteiger partial charge on any atom is 0.227 e. The zero-order valence-corrected chi connectivity index (χ0v) is 11.5. The van der Waals surface area contributed by atoms with E-state index in [4.69, 9.17) is 5.26 Å². The fraction of sp³-hybridized carbons (Fsp3) is 0.667. The second kappa shape index (κ2) is 5.16. The lowest BCUT2D eigenvalue weighted by Crippen LogP contribution is -2.47. The Morgan fingerprint density at radius 2 is 2.00 bits per heavy atom. The molecule has 2 heterocycles. The summed E-state index contributed by atoms with van der Waals surface area (Å²) >= 11 is 0. The van der Waals surface area contributed by atoms with Gasteiger partial charge >= 0.3 is 0 Å². The van der Waals surface area contributed by atoms with Crippen molar-refractivity contribution in [3.8, 4) is 6.07 Å². The number of piperidine rings is 1. The van der Waals surface area contributed by atoms with Gasteiger partial charge in [-0.15, -0.1) is 0 Å². The summed E-state index contributed by atoms with van der Waals surface area (Å²) in [6.45, 7) is 2.98. The Kier molecular flexibility index (Phi) is 3.37. The number of fused-ring (bicyclic) bond motifs is 1. The molecule has 0 bridgehead atoms. The van der Waals surface area contributed by atoms with Crippen LogP contribution in [0.2, 0.25) is 0 Å². The van der Waals surface area contributed by atoms with Crippen molar-refractivity contribution in [2.24, 2.45) is 5.92 Å².